The first-order valence-electron chi connectivity index (χ1n) is 7.81. The number of esters is 1. The molecule has 0 bridgehead atoms. The van der Waals surface area contributed by atoms with E-state index in [1.165, 1.54) is 0 Å². The molecule has 0 aromatic heterocycles. The number of hydrogen-bond donors (Lipinski definition) is 1. The van der Waals surface area contributed by atoms with Gasteiger partial charge in [0, 0.05) is 0 Å². The zero-order valence-electron chi connectivity index (χ0n) is 14.5. The number of alkyl carbamates (subject to hydrolysis) is 1. The minimum Gasteiger partial charge on any atom is -0.465 e. The number of carbonyl (C=O) groups excluding carboxylic acids is 2. The summed E-state index contributed by atoms with van der Waals surface area (Å²) in [5.41, 5.74) is -1.13. The Morgan fingerprint density at radius 1 is 1.05 bits per heavy atom. The van der Waals surface area contributed by atoms with Crippen molar-refractivity contribution in [3.63, 3.8) is 0 Å². The smallest absolute Gasteiger partial charge is 0.408 e. The highest BCUT2D eigenvalue weighted by Gasteiger charge is 2.43. The molecule has 0 aromatic rings. The maximum atomic E-state index is 12.3. The van der Waals surface area contributed by atoms with Gasteiger partial charge in [-0.25, -0.2) is 4.79 Å². The monoisotopic (exact) mass is 317 g/mol. The number of hydrogen-bond acceptors (Lipinski definition) is 4. The zero-order valence-corrected chi connectivity index (χ0v) is 15.5. The molecule has 5 nitrogen and oxygen atoms in total. The van der Waals surface area contributed by atoms with Gasteiger partial charge < -0.3 is 14.8 Å². The Balaban J connectivity index is 5.24. The molecule has 0 aliphatic heterocycles. The van der Waals surface area contributed by atoms with E-state index in [1.54, 1.807) is 27.7 Å². The van der Waals surface area contributed by atoms with E-state index in [-0.39, 0.29) is 5.97 Å². The number of amides is 1. The molecule has 0 rings (SSSR count). The fraction of sp³-hybridized carbons (Fsp3) is 0.867. The second-order valence-electron chi connectivity index (χ2n) is 6.25. The molecule has 0 radical (unpaired) electrons. The summed E-state index contributed by atoms with van der Waals surface area (Å²) < 4.78 is 10.5. The van der Waals surface area contributed by atoms with Gasteiger partial charge >= 0.3 is 12.1 Å². The van der Waals surface area contributed by atoms with Crippen LogP contribution in [-0.2, 0) is 14.3 Å². The van der Waals surface area contributed by atoms with Gasteiger partial charge in [0.25, 0.3) is 0 Å². The summed E-state index contributed by atoms with van der Waals surface area (Å²) in [5, 5.41) is 2.78. The highest BCUT2D eigenvalue weighted by atomic mass is 28.3. The normalized spacial score (nSPS) is 13.5. The molecule has 6 heteroatoms. The lowest BCUT2D eigenvalue weighted by Crippen LogP contribution is -2.60. The van der Waals surface area contributed by atoms with E-state index in [9.17, 15) is 9.59 Å². The summed E-state index contributed by atoms with van der Waals surface area (Å²) in [6.07, 6.45) is -0.548. The zero-order chi connectivity index (χ0) is 16.7. The Morgan fingerprint density at radius 2 is 1.52 bits per heavy atom. The van der Waals surface area contributed by atoms with Crippen LogP contribution in [0, 0.1) is 0 Å². The van der Waals surface area contributed by atoms with Gasteiger partial charge in [0.1, 0.15) is 11.3 Å². The Morgan fingerprint density at radius 3 is 1.86 bits per heavy atom. The number of nitrogens with one attached hydrogen (secondary N) is 1. The quantitative estimate of drug-likeness (QED) is 0.576. The third kappa shape index (κ3) is 6.07. The van der Waals surface area contributed by atoms with E-state index < -0.39 is 25.4 Å². The molecule has 0 aromatic carbocycles. The van der Waals surface area contributed by atoms with Crippen LogP contribution < -0.4 is 5.32 Å². The van der Waals surface area contributed by atoms with Gasteiger partial charge in [-0.2, -0.15) is 0 Å². The van der Waals surface area contributed by atoms with Crippen LogP contribution in [0.4, 0.5) is 4.79 Å². The first kappa shape index (κ1) is 20.0. The molecule has 124 valence electrons. The number of rotatable bonds is 7. The molecule has 0 spiro atoms. The Labute approximate surface area is 129 Å². The summed E-state index contributed by atoms with van der Waals surface area (Å²) in [4.78, 5) is 24.4. The van der Waals surface area contributed by atoms with Crippen LogP contribution in [-0.4, -0.2) is 38.0 Å². The second kappa shape index (κ2) is 8.41. The SMILES string of the molecule is CCOC(=O)C(NC(=O)OC(C)(C)C)[Si](CC)(CC)CC. The predicted molar refractivity (Wildman–Crippen MR) is 87.0 cm³/mol. The largest absolute Gasteiger partial charge is 0.465 e. The lowest BCUT2D eigenvalue weighted by molar-refractivity contribution is -0.143. The molecule has 0 aliphatic carbocycles. The minimum absolute atomic E-state index is 0.312. The predicted octanol–water partition coefficient (Wildman–Crippen LogP) is 3.49. The van der Waals surface area contributed by atoms with Crippen molar-refractivity contribution < 1.29 is 19.1 Å². The highest BCUT2D eigenvalue weighted by molar-refractivity contribution is 6.83. The summed E-state index contributed by atoms with van der Waals surface area (Å²) in [7, 11) is -1.97. The number of ether oxygens (including phenoxy) is 2. The average molecular weight is 318 g/mol. The maximum absolute atomic E-state index is 12.3. The van der Waals surface area contributed by atoms with Crippen LogP contribution >= 0.6 is 0 Å². The van der Waals surface area contributed by atoms with Gasteiger partial charge in [0.05, 0.1) is 14.7 Å². The van der Waals surface area contributed by atoms with E-state index in [2.05, 4.69) is 26.1 Å². The van der Waals surface area contributed by atoms with Crippen molar-refractivity contribution in [1.29, 1.82) is 0 Å². The molecule has 0 heterocycles. The Bertz CT molecular complexity index is 340. The van der Waals surface area contributed by atoms with Crippen molar-refractivity contribution in [2.45, 2.75) is 77.9 Å². The molecule has 1 N–H and O–H groups in total. The van der Waals surface area contributed by atoms with Gasteiger partial charge in [0.15, 0.2) is 0 Å². The summed E-state index contributed by atoms with van der Waals surface area (Å²) in [6.45, 7) is 13.7. The van der Waals surface area contributed by atoms with Crippen LogP contribution in [0.2, 0.25) is 18.1 Å². The van der Waals surface area contributed by atoms with E-state index in [4.69, 9.17) is 9.47 Å². The molecular weight excluding hydrogens is 286 g/mol. The summed E-state index contributed by atoms with van der Waals surface area (Å²) >= 11 is 0. The maximum Gasteiger partial charge on any atom is 0.408 e. The van der Waals surface area contributed by atoms with Crippen molar-refractivity contribution in [3.8, 4) is 0 Å². The van der Waals surface area contributed by atoms with E-state index in [0.29, 0.717) is 6.61 Å². The van der Waals surface area contributed by atoms with Crippen LogP contribution in [0.25, 0.3) is 0 Å². The van der Waals surface area contributed by atoms with Crippen LogP contribution in [0.5, 0.6) is 0 Å². The molecule has 0 aliphatic rings. The highest BCUT2D eigenvalue weighted by Crippen LogP contribution is 2.25. The van der Waals surface area contributed by atoms with Gasteiger partial charge in [-0.05, 0) is 27.7 Å². The van der Waals surface area contributed by atoms with Crippen molar-refractivity contribution in [3.05, 3.63) is 0 Å². The van der Waals surface area contributed by atoms with Crippen LogP contribution in [0.3, 0.4) is 0 Å². The van der Waals surface area contributed by atoms with Crippen LogP contribution in [0.15, 0.2) is 0 Å². The molecule has 0 saturated heterocycles. The molecule has 0 saturated carbocycles. The lowest BCUT2D eigenvalue weighted by Gasteiger charge is -2.36. The van der Waals surface area contributed by atoms with Crippen molar-refractivity contribution in [2.24, 2.45) is 0 Å². The molecule has 1 atom stereocenters. The molecule has 1 amide bonds. The molecule has 1 unspecified atom stereocenters. The third-order valence-corrected chi connectivity index (χ3v) is 9.74. The third-order valence-electron chi connectivity index (χ3n) is 3.91. The lowest BCUT2D eigenvalue weighted by atomic mass is 10.2. The average Bonchev–Trinajstić information content (AvgIpc) is 2.38. The Kier molecular flexibility index (Phi) is 7.99. The van der Waals surface area contributed by atoms with E-state index >= 15 is 0 Å². The van der Waals surface area contributed by atoms with Crippen LogP contribution in [0.1, 0.15) is 48.5 Å². The first-order valence-corrected chi connectivity index (χ1v) is 10.5. The molecule has 0 fully saturated rings. The summed E-state index contributed by atoms with van der Waals surface area (Å²) in [6, 6.07) is 2.75. The summed E-state index contributed by atoms with van der Waals surface area (Å²) in [5.74, 6) is -0.333. The fourth-order valence-electron chi connectivity index (χ4n) is 2.48. The van der Waals surface area contributed by atoms with E-state index in [1.807, 2.05) is 0 Å². The fourth-order valence-corrected chi connectivity index (χ4v) is 6.21. The van der Waals surface area contributed by atoms with E-state index in [0.717, 1.165) is 18.1 Å². The Hall–Kier alpha value is -1.04. The van der Waals surface area contributed by atoms with Gasteiger partial charge in [-0.15, -0.1) is 0 Å². The second-order valence-corrected chi connectivity index (χ2v) is 11.7. The van der Waals surface area contributed by atoms with Crippen molar-refractivity contribution in [1.82, 2.24) is 5.32 Å². The molecule has 21 heavy (non-hydrogen) atoms. The minimum atomic E-state index is -1.97. The number of carbonyl (C=O) groups is 2. The first-order chi connectivity index (χ1) is 9.65. The van der Waals surface area contributed by atoms with Crippen molar-refractivity contribution >= 4 is 20.1 Å². The van der Waals surface area contributed by atoms with Crippen molar-refractivity contribution in [2.75, 3.05) is 6.61 Å². The van der Waals surface area contributed by atoms with Gasteiger partial charge in [-0.3, -0.25) is 4.79 Å². The topological polar surface area (TPSA) is 64.6 Å². The van der Waals surface area contributed by atoms with Gasteiger partial charge in [0.2, 0.25) is 0 Å². The van der Waals surface area contributed by atoms with Gasteiger partial charge in [-0.1, -0.05) is 38.9 Å². The molecular formula is C15H31NO4Si. The standard InChI is InChI=1S/C15H31NO4Si/c1-8-19-13(17)12(21(9-2,10-3)11-4)16-14(18)20-15(5,6)7/h12H,8-11H2,1-7H3,(H,16,18).